The number of esters is 2. The quantitative estimate of drug-likeness (QED) is 0.0463. The Morgan fingerprint density at radius 3 is 1.19 bits per heavy atom. The van der Waals surface area contributed by atoms with Crippen LogP contribution in [0.4, 0.5) is 0 Å². The molecule has 0 atom stereocenters. The van der Waals surface area contributed by atoms with E-state index in [4.69, 9.17) is 9.47 Å². The predicted octanol–water partition coefficient (Wildman–Crippen LogP) is 17.4. The molecule has 2 fully saturated rings. The minimum Gasteiger partial charge on any atom is -0.422 e. The van der Waals surface area contributed by atoms with Crippen molar-refractivity contribution in [2.24, 2.45) is 11.8 Å². The fourth-order valence-electron chi connectivity index (χ4n) is 10.9. The summed E-state index contributed by atoms with van der Waals surface area (Å²) in [5, 5.41) is 3.80. The minimum absolute atomic E-state index is 0.412. The van der Waals surface area contributed by atoms with E-state index < -0.39 is 11.9 Å². The minimum atomic E-state index is -0.412. The van der Waals surface area contributed by atoms with Crippen LogP contribution < -0.4 is 9.47 Å². The van der Waals surface area contributed by atoms with Crippen molar-refractivity contribution in [1.82, 2.24) is 0 Å². The summed E-state index contributed by atoms with van der Waals surface area (Å²) in [6.07, 6.45) is 26.3. The number of fused-ring (bicyclic) bond motifs is 2. The van der Waals surface area contributed by atoms with Gasteiger partial charge in [-0.05, 0) is 144 Å². The third-order valence-electron chi connectivity index (χ3n) is 14.8. The topological polar surface area (TPSA) is 52.6 Å². The maximum absolute atomic E-state index is 14.1. The summed E-state index contributed by atoms with van der Waals surface area (Å²) in [5.74, 6) is 2.81. The SMILES string of the molecule is CCCCCCCC1CCC(c2ccc(C(=O)Oc3ccc4ccccc4c3-c3c(OC(=O)c4ccc([C@H]5CC[C@H](CCCCCCC)CC5)cc4)ccc4ccccc34)cc2)CC1. The highest BCUT2D eigenvalue weighted by Gasteiger charge is 2.26. The molecule has 6 aromatic carbocycles. The number of rotatable bonds is 19. The highest BCUT2D eigenvalue weighted by Crippen LogP contribution is 2.46. The van der Waals surface area contributed by atoms with Gasteiger partial charge >= 0.3 is 11.9 Å². The molecule has 0 saturated heterocycles. The Hall–Kier alpha value is -5.22. The van der Waals surface area contributed by atoms with Crippen molar-refractivity contribution in [2.45, 2.75) is 154 Å². The zero-order valence-electron chi connectivity index (χ0n) is 38.6. The molecule has 4 nitrogen and oxygen atoms in total. The van der Waals surface area contributed by atoms with Crippen molar-refractivity contribution in [2.75, 3.05) is 0 Å². The summed E-state index contributed by atoms with van der Waals surface area (Å²) in [4.78, 5) is 28.1. The van der Waals surface area contributed by atoms with Crippen LogP contribution in [-0.2, 0) is 0 Å². The second-order valence-electron chi connectivity index (χ2n) is 19.2. The molecule has 0 N–H and O–H groups in total. The van der Waals surface area contributed by atoms with Crippen LogP contribution in [0.15, 0.2) is 121 Å². The molecule has 0 aromatic heterocycles. The van der Waals surface area contributed by atoms with Crippen molar-refractivity contribution < 1.29 is 19.1 Å². The van der Waals surface area contributed by atoms with Crippen LogP contribution >= 0.6 is 0 Å². The van der Waals surface area contributed by atoms with Gasteiger partial charge in [0.25, 0.3) is 0 Å². The summed E-state index contributed by atoms with van der Waals surface area (Å²) in [7, 11) is 0. The Balaban J connectivity index is 0.984. The van der Waals surface area contributed by atoms with E-state index in [2.05, 4.69) is 50.2 Å². The maximum atomic E-state index is 14.1. The summed E-state index contributed by atoms with van der Waals surface area (Å²) >= 11 is 0. The molecule has 0 bridgehead atoms. The Bertz CT molecular complexity index is 2260. The van der Waals surface area contributed by atoms with Crippen LogP contribution in [0.5, 0.6) is 11.5 Å². The summed E-state index contributed by atoms with van der Waals surface area (Å²) in [6, 6.07) is 40.2. The molecular weight excluding hydrogens is 785 g/mol. The first-order valence-corrected chi connectivity index (χ1v) is 25.2. The molecule has 2 saturated carbocycles. The first kappa shape index (κ1) is 45.4. The summed E-state index contributed by atoms with van der Waals surface area (Å²) < 4.78 is 12.8. The second-order valence-corrected chi connectivity index (χ2v) is 19.2. The molecule has 0 spiro atoms. The molecule has 0 heterocycles. The van der Waals surface area contributed by atoms with E-state index in [1.807, 2.05) is 84.9 Å². The first-order valence-electron chi connectivity index (χ1n) is 25.2. The van der Waals surface area contributed by atoms with Gasteiger partial charge in [-0.25, -0.2) is 9.59 Å². The number of unbranched alkanes of at least 4 members (excludes halogenated alkanes) is 8. The Kier molecular flexibility index (Phi) is 16.0. The molecule has 8 rings (SSSR count). The van der Waals surface area contributed by atoms with Gasteiger partial charge in [0.2, 0.25) is 0 Å². The van der Waals surface area contributed by atoms with E-state index in [1.54, 1.807) is 0 Å². The Morgan fingerprint density at radius 2 is 0.797 bits per heavy atom. The summed E-state index contributed by atoms with van der Waals surface area (Å²) in [5.41, 5.74) is 5.10. The first-order chi connectivity index (χ1) is 31.5. The lowest BCUT2D eigenvalue weighted by molar-refractivity contribution is 0.0723. The van der Waals surface area contributed by atoms with Crippen molar-refractivity contribution in [3.63, 3.8) is 0 Å². The van der Waals surface area contributed by atoms with Gasteiger partial charge in [0.1, 0.15) is 11.5 Å². The van der Waals surface area contributed by atoms with Gasteiger partial charge in [-0.3, -0.25) is 0 Å². The number of benzene rings is 6. The highest BCUT2D eigenvalue weighted by molar-refractivity contribution is 6.11. The van der Waals surface area contributed by atoms with Crippen LogP contribution in [0.25, 0.3) is 32.7 Å². The van der Waals surface area contributed by atoms with Crippen LogP contribution in [0, 0.1) is 11.8 Å². The fraction of sp³-hybridized carbons (Fsp3) is 0.433. The van der Waals surface area contributed by atoms with Crippen LogP contribution in [0.1, 0.15) is 186 Å². The summed E-state index contributed by atoms with van der Waals surface area (Å²) in [6.45, 7) is 4.56. The Labute approximate surface area is 383 Å². The van der Waals surface area contributed by atoms with Crippen molar-refractivity contribution >= 4 is 33.5 Å². The molecule has 2 aliphatic carbocycles. The van der Waals surface area contributed by atoms with Crippen LogP contribution in [0.3, 0.4) is 0 Å². The van der Waals surface area contributed by atoms with E-state index in [9.17, 15) is 9.59 Å². The molecule has 0 radical (unpaired) electrons. The van der Waals surface area contributed by atoms with Crippen molar-refractivity contribution in [1.29, 1.82) is 0 Å². The standard InChI is InChI=1S/C60H70O4/c1-3-5-7-9-11-17-43-23-27-45(28-24-43)47-31-35-51(36-32-47)59(61)63-55-41-39-49-19-13-15-21-53(49)57(55)58-54-22-16-14-20-50(54)40-42-56(58)64-60(62)52-37-33-48(34-38-52)46-29-25-44(26-30-46)18-12-10-8-6-4-2/h13-16,19-22,31-46H,3-12,17-18,23-30H2,1-2H3/t43-,44?,45-,46?. The van der Waals surface area contributed by atoms with E-state index in [1.165, 1.54) is 140 Å². The Morgan fingerprint density at radius 1 is 0.422 bits per heavy atom. The van der Waals surface area contributed by atoms with E-state index in [0.29, 0.717) is 34.5 Å². The average molecular weight is 855 g/mol. The zero-order valence-corrected chi connectivity index (χ0v) is 38.6. The number of hydrogen-bond donors (Lipinski definition) is 0. The number of carbonyl (C=O) groups is 2. The number of hydrogen-bond acceptors (Lipinski definition) is 4. The molecular formula is C60H70O4. The number of ether oxygens (including phenoxy) is 2. The third-order valence-corrected chi connectivity index (χ3v) is 14.8. The molecule has 334 valence electrons. The van der Waals surface area contributed by atoms with Crippen molar-refractivity contribution in [3.05, 3.63) is 144 Å². The lowest BCUT2D eigenvalue weighted by Gasteiger charge is -2.29. The van der Waals surface area contributed by atoms with Gasteiger partial charge in [-0.15, -0.1) is 0 Å². The van der Waals surface area contributed by atoms with E-state index >= 15 is 0 Å². The van der Waals surface area contributed by atoms with Crippen LogP contribution in [0.2, 0.25) is 0 Å². The highest BCUT2D eigenvalue weighted by atomic mass is 16.5. The molecule has 0 aliphatic heterocycles. The molecule has 4 heteroatoms. The fourth-order valence-corrected chi connectivity index (χ4v) is 10.9. The maximum Gasteiger partial charge on any atom is 0.343 e. The predicted molar refractivity (Wildman–Crippen MR) is 266 cm³/mol. The van der Waals surface area contributed by atoms with Crippen LogP contribution in [-0.4, -0.2) is 11.9 Å². The monoisotopic (exact) mass is 855 g/mol. The van der Waals surface area contributed by atoms with Gasteiger partial charge < -0.3 is 9.47 Å². The van der Waals surface area contributed by atoms with Gasteiger partial charge in [0.15, 0.2) is 0 Å². The molecule has 0 amide bonds. The normalized spacial score (nSPS) is 18.8. The zero-order chi connectivity index (χ0) is 44.1. The lowest BCUT2D eigenvalue weighted by atomic mass is 9.77. The van der Waals surface area contributed by atoms with Gasteiger partial charge in [0, 0.05) is 11.1 Å². The second kappa shape index (κ2) is 22.6. The molecule has 0 unspecified atom stereocenters. The largest absolute Gasteiger partial charge is 0.422 e. The molecule has 64 heavy (non-hydrogen) atoms. The van der Waals surface area contributed by atoms with E-state index in [0.717, 1.165) is 44.5 Å². The van der Waals surface area contributed by atoms with Crippen molar-refractivity contribution in [3.8, 4) is 22.6 Å². The average Bonchev–Trinajstić information content (AvgIpc) is 3.34. The van der Waals surface area contributed by atoms with Gasteiger partial charge in [-0.1, -0.05) is 176 Å². The van der Waals surface area contributed by atoms with Gasteiger partial charge in [-0.2, -0.15) is 0 Å². The van der Waals surface area contributed by atoms with E-state index in [-0.39, 0.29) is 0 Å². The molecule has 2 aliphatic rings. The molecule has 6 aromatic rings. The number of carbonyl (C=O) groups excluding carboxylic acids is 2. The van der Waals surface area contributed by atoms with Gasteiger partial charge in [0.05, 0.1) is 11.1 Å². The lowest BCUT2D eigenvalue weighted by Crippen LogP contribution is -2.14. The smallest absolute Gasteiger partial charge is 0.343 e. The third kappa shape index (κ3) is 11.3.